The molecule has 28 heavy (non-hydrogen) atoms. The van der Waals surface area contributed by atoms with Crippen molar-refractivity contribution >= 4 is 22.6 Å². The fourth-order valence-corrected chi connectivity index (χ4v) is 3.44. The molecule has 1 amide bonds. The molecule has 4 rings (SSSR count). The molecular weight excluding hydrogens is 354 g/mol. The largest absolute Gasteiger partial charge is 0.467 e. The Morgan fingerprint density at radius 1 is 0.929 bits per heavy atom. The third kappa shape index (κ3) is 3.24. The standard InChI is InChI=1S/C22H21N3O3/c1-2-23-19-12-6-7-13-20(19)25(22(23)27)16-21(26)24(15-18-11-8-14-28-18)17-9-4-3-5-10-17/h3-14H,2,15-16H2,1H3. The lowest BCUT2D eigenvalue weighted by molar-refractivity contribution is -0.119. The molecule has 0 aliphatic carbocycles. The summed E-state index contributed by atoms with van der Waals surface area (Å²) in [5, 5.41) is 0. The number of furan rings is 1. The van der Waals surface area contributed by atoms with Gasteiger partial charge in [0, 0.05) is 12.2 Å². The molecule has 142 valence electrons. The lowest BCUT2D eigenvalue weighted by Crippen LogP contribution is -2.36. The summed E-state index contributed by atoms with van der Waals surface area (Å²) in [5.41, 5.74) is 2.17. The number of para-hydroxylation sites is 3. The highest BCUT2D eigenvalue weighted by atomic mass is 16.3. The molecule has 0 fully saturated rings. The number of benzene rings is 2. The Kier molecular flexibility index (Phi) is 4.85. The van der Waals surface area contributed by atoms with Crippen molar-refractivity contribution in [3.63, 3.8) is 0 Å². The SMILES string of the molecule is CCn1c(=O)n(CC(=O)N(Cc2ccco2)c2ccccc2)c2ccccc21. The van der Waals surface area contributed by atoms with Crippen LogP contribution in [0.25, 0.3) is 11.0 Å². The van der Waals surface area contributed by atoms with Gasteiger partial charge in [-0.1, -0.05) is 30.3 Å². The first-order chi connectivity index (χ1) is 13.7. The van der Waals surface area contributed by atoms with Gasteiger partial charge < -0.3 is 9.32 Å². The van der Waals surface area contributed by atoms with E-state index in [0.717, 1.165) is 16.7 Å². The van der Waals surface area contributed by atoms with Crippen LogP contribution in [0.1, 0.15) is 12.7 Å². The summed E-state index contributed by atoms with van der Waals surface area (Å²) in [7, 11) is 0. The number of nitrogens with zero attached hydrogens (tertiary/aromatic N) is 3. The Morgan fingerprint density at radius 2 is 1.61 bits per heavy atom. The van der Waals surface area contributed by atoms with Gasteiger partial charge in [-0.2, -0.15) is 0 Å². The van der Waals surface area contributed by atoms with E-state index in [9.17, 15) is 9.59 Å². The number of rotatable bonds is 6. The highest BCUT2D eigenvalue weighted by Crippen LogP contribution is 2.19. The van der Waals surface area contributed by atoms with E-state index in [4.69, 9.17) is 4.42 Å². The zero-order valence-electron chi connectivity index (χ0n) is 15.6. The lowest BCUT2D eigenvalue weighted by atomic mass is 10.2. The van der Waals surface area contributed by atoms with E-state index < -0.39 is 0 Å². The van der Waals surface area contributed by atoms with Gasteiger partial charge in [-0.05, 0) is 43.3 Å². The molecule has 0 saturated heterocycles. The van der Waals surface area contributed by atoms with Crippen LogP contribution in [0.5, 0.6) is 0 Å². The van der Waals surface area contributed by atoms with Crippen molar-refractivity contribution in [1.82, 2.24) is 9.13 Å². The van der Waals surface area contributed by atoms with Crippen LogP contribution < -0.4 is 10.6 Å². The Bertz CT molecular complexity index is 1140. The topological polar surface area (TPSA) is 60.4 Å². The van der Waals surface area contributed by atoms with E-state index in [0.29, 0.717) is 18.8 Å². The monoisotopic (exact) mass is 375 g/mol. The van der Waals surface area contributed by atoms with Crippen LogP contribution in [-0.4, -0.2) is 15.0 Å². The lowest BCUT2D eigenvalue weighted by Gasteiger charge is -2.22. The predicted octanol–water partition coefficient (Wildman–Crippen LogP) is 3.65. The number of aryl methyl sites for hydroxylation is 1. The van der Waals surface area contributed by atoms with Gasteiger partial charge in [0.05, 0.1) is 23.8 Å². The molecule has 0 atom stereocenters. The van der Waals surface area contributed by atoms with Crippen molar-refractivity contribution in [2.24, 2.45) is 0 Å². The first kappa shape index (κ1) is 17.9. The maximum atomic E-state index is 13.2. The molecule has 0 unspecified atom stereocenters. The first-order valence-electron chi connectivity index (χ1n) is 9.25. The molecule has 0 aliphatic rings. The molecule has 0 spiro atoms. The maximum Gasteiger partial charge on any atom is 0.329 e. The molecule has 2 aromatic carbocycles. The van der Waals surface area contributed by atoms with E-state index in [1.165, 1.54) is 0 Å². The van der Waals surface area contributed by atoms with Crippen LogP contribution in [0.3, 0.4) is 0 Å². The summed E-state index contributed by atoms with van der Waals surface area (Å²) in [6.07, 6.45) is 1.59. The van der Waals surface area contributed by atoms with E-state index in [2.05, 4.69) is 0 Å². The van der Waals surface area contributed by atoms with Crippen LogP contribution >= 0.6 is 0 Å². The van der Waals surface area contributed by atoms with Gasteiger partial charge in [-0.25, -0.2) is 4.79 Å². The van der Waals surface area contributed by atoms with Gasteiger partial charge in [-0.15, -0.1) is 0 Å². The number of carbonyl (C=O) groups excluding carboxylic acids is 1. The van der Waals surface area contributed by atoms with E-state index in [-0.39, 0.29) is 18.1 Å². The minimum atomic E-state index is -0.178. The van der Waals surface area contributed by atoms with Crippen LogP contribution in [0.2, 0.25) is 0 Å². The average Bonchev–Trinajstić information content (AvgIpc) is 3.33. The number of aromatic nitrogens is 2. The third-order valence-electron chi connectivity index (χ3n) is 4.80. The van der Waals surface area contributed by atoms with Crippen LogP contribution in [0.4, 0.5) is 5.69 Å². The summed E-state index contributed by atoms with van der Waals surface area (Å²) < 4.78 is 8.66. The molecule has 6 heteroatoms. The Morgan fingerprint density at radius 3 is 2.25 bits per heavy atom. The summed E-state index contributed by atoms with van der Waals surface area (Å²) >= 11 is 0. The smallest absolute Gasteiger partial charge is 0.329 e. The minimum Gasteiger partial charge on any atom is -0.467 e. The first-order valence-corrected chi connectivity index (χ1v) is 9.25. The number of anilines is 1. The molecule has 2 heterocycles. The Balaban J connectivity index is 1.72. The molecule has 2 aromatic heterocycles. The van der Waals surface area contributed by atoms with Crippen molar-refractivity contribution in [3.05, 3.63) is 89.2 Å². The highest BCUT2D eigenvalue weighted by Gasteiger charge is 2.21. The number of hydrogen-bond acceptors (Lipinski definition) is 3. The molecule has 0 radical (unpaired) electrons. The Labute approximate surface area is 162 Å². The second kappa shape index (κ2) is 7.60. The number of hydrogen-bond donors (Lipinski definition) is 0. The van der Waals surface area contributed by atoms with Crippen molar-refractivity contribution in [3.8, 4) is 0 Å². The molecule has 4 aromatic rings. The number of imidazole rings is 1. The minimum absolute atomic E-state index is 0.0397. The van der Waals surface area contributed by atoms with Crippen molar-refractivity contribution in [2.75, 3.05) is 4.90 Å². The van der Waals surface area contributed by atoms with Crippen molar-refractivity contribution in [2.45, 2.75) is 26.6 Å². The fourth-order valence-electron chi connectivity index (χ4n) is 3.44. The highest BCUT2D eigenvalue weighted by molar-refractivity contribution is 5.94. The van der Waals surface area contributed by atoms with Crippen molar-refractivity contribution in [1.29, 1.82) is 0 Å². The van der Waals surface area contributed by atoms with Crippen LogP contribution in [0, 0.1) is 0 Å². The predicted molar refractivity (Wildman–Crippen MR) is 108 cm³/mol. The molecule has 0 bridgehead atoms. The quantitative estimate of drug-likeness (QED) is 0.517. The number of amides is 1. The summed E-state index contributed by atoms with van der Waals surface area (Å²) in [4.78, 5) is 27.8. The molecule has 6 nitrogen and oxygen atoms in total. The van der Waals surface area contributed by atoms with Gasteiger partial charge in [0.1, 0.15) is 12.3 Å². The zero-order valence-corrected chi connectivity index (χ0v) is 15.6. The Hall–Kier alpha value is -3.54. The van der Waals surface area contributed by atoms with Crippen LogP contribution in [0.15, 0.2) is 82.2 Å². The van der Waals surface area contributed by atoms with Crippen LogP contribution in [-0.2, 0) is 24.4 Å². The maximum absolute atomic E-state index is 13.2. The van der Waals surface area contributed by atoms with Gasteiger partial charge in [0.2, 0.25) is 5.91 Å². The normalized spacial score (nSPS) is 11.0. The van der Waals surface area contributed by atoms with Gasteiger partial charge in [0.15, 0.2) is 0 Å². The summed E-state index contributed by atoms with van der Waals surface area (Å²) in [6.45, 7) is 2.74. The van der Waals surface area contributed by atoms with E-state index in [1.54, 1.807) is 26.4 Å². The second-order valence-electron chi connectivity index (χ2n) is 6.50. The third-order valence-corrected chi connectivity index (χ3v) is 4.80. The summed E-state index contributed by atoms with van der Waals surface area (Å²) in [5.74, 6) is 0.504. The van der Waals surface area contributed by atoms with Crippen molar-refractivity contribution < 1.29 is 9.21 Å². The molecule has 0 aliphatic heterocycles. The second-order valence-corrected chi connectivity index (χ2v) is 6.50. The molecule has 0 N–H and O–H groups in total. The van der Waals surface area contributed by atoms with Gasteiger partial charge >= 0.3 is 5.69 Å². The number of fused-ring (bicyclic) bond motifs is 1. The zero-order chi connectivity index (χ0) is 19.5. The van der Waals surface area contributed by atoms with Gasteiger partial charge in [-0.3, -0.25) is 13.9 Å². The van der Waals surface area contributed by atoms with E-state index >= 15 is 0 Å². The molecule has 0 saturated carbocycles. The van der Waals surface area contributed by atoms with E-state index in [1.807, 2.05) is 67.6 Å². The summed E-state index contributed by atoms with van der Waals surface area (Å²) in [6, 6.07) is 20.6. The number of carbonyl (C=O) groups is 1. The van der Waals surface area contributed by atoms with Gasteiger partial charge in [0.25, 0.3) is 0 Å². The molecular formula is C22H21N3O3. The fraction of sp³-hybridized carbons (Fsp3) is 0.182. The average molecular weight is 375 g/mol.